The Morgan fingerprint density at radius 2 is 2.08 bits per heavy atom. The lowest BCUT2D eigenvalue weighted by atomic mass is 10.1. The number of nitrogens with zero attached hydrogens (tertiary/aromatic N) is 5. The molecule has 2 fully saturated rings. The van der Waals surface area contributed by atoms with Crippen LogP contribution in [0.25, 0.3) is 15.3 Å². The van der Waals surface area contributed by atoms with Crippen LogP contribution in [0.2, 0.25) is 0 Å². The SMILES string of the molecule is Cc1nn(C)cc1-c1cn2ncc(C(=O)NC3=CC(C(=O)NCCN4CCC5(CC5)C4)=CNC3C)c2s1. The Kier molecular flexibility index (Phi) is 5.91. The van der Waals surface area contributed by atoms with E-state index in [4.69, 9.17) is 0 Å². The number of hydrogen-bond acceptors (Lipinski definition) is 7. The van der Waals surface area contributed by atoms with Crippen LogP contribution in [0.5, 0.6) is 0 Å². The fourth-order valence-electron chi connectivity index (χ4n) is 5.25. The summed E-state index contributed by atoms with van der Waals surface area (Å²) in [7, 11) is 1.89. The van der Waals surface area contributed by atoms with Crippen LogP contribution in [0.4, 0.5) is 0 Å². The van der Waals surface area contributed by atoms with E-state index in [0.717, 1.165) is 40.6 Å². The van der Waals surface area contributed by atoms with Crippen molar-refractivity contribution in [3.05, 3.63) is 53.4 Å². The number of thiazole rings is 1. The van der Waals surface area contributed by atoms with Crippen LogP contribution in [0.1, 0.15) is 42.2 Å². The highest BCUT2D eigenvalue weighted by atomic mass is 32.1. The van der Waals surface area contributed by atoms with Gasteiger partial charge in [0.2, 0.25) is 0 Å². The molecule has 0 aromatic carbocycles. The third-order valence-electron chi connectivity index (χ3n) is 7.69. The topological polar surface area (TPSA) is 109 Å². The summed E-state index contributed by atoms with van der Waals surface area (Å²) in [6.07, 6.45) is 12.9. The Bertz CT molecular complexity index is 1440. The number of amides is 2. The fraction of sp³-hybridized carbons (Fsp3) is 0.462. The first kappa shape index (κ1) is 23.9. The Morgan fingerprint density at radius 1 is 1.24 bits per heavy atom. The number of likely N-dealkylation sites (tertiary alicyclic amines) is 1. The van der Waals surface area contributed by atoms with Crippen molar-refractivity contribution in [3.63, 3.8) is 0 Å². The maximum Gasteiger partial charge on any atom is 0.260 e. The van der Waals surface area contributed by atoms with Gasteiger partial charge in [0, 0.05) is 56.5 Å². The maximum atomic E-state index is 13.2. The predicted molar refractivity (Wildman–Crippen MR) is 142 cm³/mol. The maximum absolute atomic E-state index is 13.2. The summed E-state index contributed by atoms with van der Waals surface area (Å²) < 4.78 is 3.50. The molecule has 1 spiro atoms. The molecule has 3 aliphatic rings. The van der Waals surface area contributed by atoms with E-state index in [9.17, 15) is 9.59 Å². The van der Waals surface area contributed by atoms with Crippen LogP contribution in [-0.4, -0.2) is 68.3 Å². The van der Waals surface area contributed by atoms with E-state index in [1.807, 2.05) is 33.3 Å². The average Bonchev–Trinajstić information content (AvgIpc) is 3.18. The van der Waals surface area contributed by atoms with Crippen molar-refractivity contribution in [2.24, 2.45) is 12.5 Å². The number of dihydropyridines is 1. The number of nitrogens with one attached hydrogen (secondary N) is 3. The van der Waals surface area contributed by atoms with E-state index in [0.29, 0.717) is 28.8 Å². The molecule has 1 saturated carbocycles. The van der Waals surface area contributed by atoms with Gasteiger partial charge in [0.25, 0.3) is 11.8 Å². The van der Waals surface area contributed by atoms with E-state index in [2.05, 4.69) is 31.0 Å². The zero-order valence-corrected chi connectivity index (χ0v) is 22.2. The number of hydrogen-bond donors (Lipinski definition) is 3. The summed E-state index contributed by atoms with van der Waals surface area (Å²) >= 11 is 1.50. The second-order valence-electron chi connectivity index (χ2n) is 10.5. The number of fused-ring (bicyclic) bond motifs is 1. The quantitative estimate of drug-likeness (QED) is 0.441. The van der Waals surface area contributed by atoms with Gasteiger partial charge in [-0.25, -0.2) is 4.52 Å². The van der Waals surface area contributed by atoms with Gasteiger partial charge in [-0.3, -0.25) is 14.3 Å². The summed E-state index contributed by atoms with van der Waals surface area (Å²) in [5, 5.41) is 18.0. The molecule has 5 heterocycles. The highest BCUT2D eigenvalue weighted by Crippen LogP contribution is 2.52. The summed E-state index contributed by atoms with van der Waals surface area (Å²) in [6.45, 7) is 7.69. The van der Waals surface area contributed by atoms with Gasteiger partial charge in [0.1, 0.15) is 4.83 Å². The van der Waals surface area contributed by atoms with Crippen LogP contribution < -0.4 is 16.0 Å². The summed E-state index contributed by atoms with van der Waals surface area (Å²) in [5.41, 5.74) is 4.18. The van der Waals surface area contributed by atoms with Gasteiger partial charge < -0.3 is 20.9 Å². The van der Waals surface area contributed by atoms with Gasteiger partial charge in [-0.05, 0) is 51.1 Å². The van der Waals surface area contributed by atoms with Gasteiger partial charge in [-0.15, -0.1) is 11.3 Å². The Hall–Kier alpha value is -3.44. The first-order valence-corrected chi connectivity index (χ1v) is 13.6. The molecule has 11 heteroatoms. The monoisotopic (exact) mass is 520 g/mol. The molecule has 10 nitrogen and oxygen atoms in total. The third kappa shape index (κ3) is 4.69. The summed E-state index contributed by atoms with van der Waals surface area (Å²) in [6, 6.07) is -0.136. The lowest BCUT2D eigenvalue weighted by Gasteiger charge is -2.23. The van der Waals surface area contributed by atoms with E-state index >= 15 is 0 Å². The normalized spacial score (nSPS) is 20.6. The van der Waals surface area contributed by atoms with E-state index in [1.165, 1.54) is 30.6 Å². The highest BCUT2D eigenvalue weighted by molar-refractivity contribution is 7.21. The molecule has 6 rings (SSSR count). The molecule has 1 atom stereocenters. The molecule has 194 valence electrons. The lowest BCUT2D eigenvalue weighted by Crippen LogP contribution is -2.39. The van der Waals surface area contributed by atoms with E-state index in [1.54, 1.807) is 27.7 Å². The van der Waals surface area contributed by atoms with Gasteiger partial charge in [0.15, 0.2) is 0 Å². The van der Waals surface area contributed by atoms with Crippen molar-refractivity contribution >= 4 is 28.0 Å². The second kappa shape index (κ2) is 9.14. The van der Waals surface area contributed by atoms with E-state index < -0.39 is 0 Å². The molecule has 2 aliphatic heterocycles. The Morgan fingerprint density at radius 3 is 2.81 bits per heavy atom. The first-order valence-electron chi connectivity index (χ1n) is 12.8. The number of carbonyl (C=O) groups is 2. The van der Waals surface area contributed by atoms with Crippen LogP contribution >= 0.6 is 11.3 Å². The zero-order valence-electron chi connectivity index (χ0n) is 21.4. The van der Waals surface area contributed by atoms with Crippen molar-refractivity contribution < 1.29 is 9.59 Å². The summed E-state index contributed by atoms with van der Waals surface area (Å²) in [4.78, 5) is 30.2. The molecular formula is C26H32N8O2S. The molecule has 1 saturated heterocycles. The number of aryl methyl sites for hydroxylation is 2. The molecule has 0 radical (unpaired) electrons. The van der Waals surface area contributed by atoms with Crippen molar-refractivity contribution in [2.75, 3.05) is 26.2 Å². The van der Waals surface area contributed by atoms with Crippen LogP contribution in [0.3, 0.4) is 0 Å². The van der Waals surface area contributed by atoms with Crippen molar-refractivity contribution in [2.45, 2.75) is 39.2 Å². The number of rotatable bonds is 7. The molecule has 37 heavy (non-hydrogen) atoms. The zero-order chi connectivity index (χ0) is 25.7. The van der Waals surface area contributed by atoms with Gasteiger partial charge >= 0.3 is 0 Å². The molecule has 3 aromatic heterocycles. The molecule has 1 aliphatic carbocycles. The number of carbonyl (C=O) groups excluding carboxylic acids is 2. The lowest BCUT2D eigenvalue weighted by molar-refractivity contribution is -0.117. The number of aromatic nitrogens is 4. The molecule has 0 bridgehead atoms. The minimum absolute atomic E-state index is 0.136. The van der Waals surface area contributed by atoms with Crippen molar-refractivity contribution in [1.29, 1.82) is 0 Å². The summed E-state index contributed by atoms with van der Waals surface area (Å²) in [5.74, 6) is -0.398. The van der Waals surface area contributed by atoms with Gasteiger partial charge in [-0.2, -0.15) is 10.2 Å². The molecule has 1 unspecified atom stereocenters. The largest absolute Gasteiger partial charge is 0.382 e. The van der Waals surface area contributed by atoms with Gasteiger partial charge in [-0.1, -0.05) is 0 Å². The van der Waals surface area contributed by atoms with Crippen molar-refractivity contribution in [3.8, 4) is 10.4 Å². The highest BCUT2D eigenvalue weighted by Gasteiger charge is 2.47. The smallest absolute Gasteiger partial charge is 0.260 e. The minimum Gasteiger partial charge on any atom is -0.382 e. The average molecular weight is 521 g/mol. The van der Waals surface area contributed by atoms with Gasteiger partial charge in [0.05, 0.1) is 33.9 Å². The third-order valence-corrected chi connectivity index (χ3v) is 8.84. The Balaban J connectivity index is 1.11. The standard InChI is InChI=1S/C26H32N8O2S/c1-16-20(13-32(3)31-16)22-14-34-25(37-22)19(12-29-34)24(36)30-21-10-18(11-28-17(21)2)23(35)27-7-9-33-8-6-26(15-33)4-5-26/h10-14,17,28H,4-9,15H2,1-3H3,(H,27,35)(H,30,36). The Labute approximate surface area is 219 Å². The molecule has 3 N–H and O–H groups in total. The molecule has 2 amide bonds. The minimum atomic E-state index is -0.254. The fourth-order valence-corrected chi connectivity index (χ4v) is 6.37. The predicted octanol–water partition coefficient (Wildman–Crippen LogP) is 2.20. The van der Waals surface area contributed by atoms with E-state index in [-0.39, 0.29) is 17.9 Å². The first-order chi connectivity index (χ1) is 17.8. The van der Waals surface area contributed by atoms with Crippen LogP contribution in [0.15, 0.2) is 42.1 Å². The van der Waals surface area contributed by atoms with Crippen LogP contribution in [-0.2, 0) is 11.8 Å². The molecular weight excluding hydrogens is 488 g/mol. The second-order valence-corrected chi connectivity index (χ2v) is 11.6. The van der Waals surface area contributed by atoms with Crippen molar-refractivity contribution in [1.82, 2.24) is 40.2 Å². The van der Waals surface area contributed by atoms with Crippen LogP contribution in [0, 0.1) is 12.3 Å². The molecule has 3 aromatic rings.